The summed E-state index contributed by atoms with van der Waals surface area (Å²) in [6, 6.07) is 3.71. The Morgan fingerprint density at radius 3 is 2.58 bits per heavy atom. The van der Waals surface area contributed by atoms with Crippen LogP contribution in [0.5, 0.6) is 0 Å². The van der Waals surface area contributed by atoms with Crippen LogP contribution in [0.3, 0.4) is 0 Å². The van der Waals surface area contributed by atoms with Crippen LogP contribution in [-0.2, 0) is 9.59 Å². The van der Waals surface area contributed by atoms with Gasteiger partial charge in [0, 0.05) is 8.04 Å². The van der Waals surface area contributed by atoms with E-state index in [9.17, 15) is 14.4 Å². The van der Waals surface area contributed by atoms with E-state index in [0.29, 0.717) is 13.6 Å². The molecule has 0 aliphatic carbocycles. The summed E-state index contributed by atoms with van der Waals surface area (Å²) in [6.45, 7) is 0. The molecule has 8 heteroatoms. The van der Waals surface area contributed by atoms with Gasteiger partial charge in [-0.1, -0.05) is 15.9 Å². The molecule has 0 aromatic heterocycles. The molecule has 0 bridgehead atoms. The van der Waals surface area contributed by atoms with Gasteiger partial charge >= 0.3 is 5.97 Å². The van der Waals surface area contributed by atoms with Crippen LogP contribution in [-0.4, -0.2) is 28.9 Å². The van der Waals surface area contributed by atoms with E-state index >= 15 is 0 Å². The first kappa shape index (κ1) is 15.9. The molecular formula is C11H10BrIN2O4. The Morgan fingerprint density at radius 2 is 2.05 bits per heavy atom. The molecular weight excluding hydrogens is 431 g/mol. The minimum absolute atomic E-state index is 0.325. The highest BCUT2D eigenvalue weighted by atomic mass is 127. The van der Waals surface area contributed by atoms with Crippen LogP contribution >= 0.6 is 38.5 Å². The van der Waals surface area contributed by atoms with Crippen LogP contribution in [0.4, 0.5) is 0 Å². The zero-order chi connectivity index (χ0) is 14.6. The fraction of sp³-hybridized carbons (Fsp3) is 0.182. The van der Waals surface area contributed by atoms with Gasteiger partial charge in [0.15, 0.2) is 0 Å². The van der Waals surface area contributed by atoms with Crippen molar-refractivity contribution >= 4 is 56.3 Å². The van der Waals surface area contributed by atoms with Gasteiger partial charge in [-0.15, -0.1) is 0 Å². The number of hydrogen-bond donors (Lipinski definition) is 3. The van der Waals surface area contributed by atoms with Crippen LogP contribution in [0.1, 0.15) is 16.8 Å². The Morgan fingerprint density at radius 1 is 1.42 bits per heavy atom. The number of aliphatic carboxylic acids is 1. The molecule has 2 amide bonds. The molecule has 0 saturated heterocycles. The first-order chi connectivity index (χ1) is 8.81. The van der Waals surface area contributed by atoms with Crippen LogP contribution in [0.15, 0.2) is 22.7 Å². The largest absolute Gasteiger partial charge is 0.480 e. The standard InChI is InChI=1S/C11H10BrIN2O4/c12-5-1-2-7(13)6(3-5)10(17)15-8(11(18)19)4-9(14)16/h1-3,8H,4H2,(H2,14,16)(H,15,17)(H,18,19). The summed E-state index contributed by atoms with van der Waals surface area (Å²) in [4.78, 5) is 33.6. The smallest absolute Gasteiger partial charge is 0.326 e. The van der Waals surface area contributed by atoms with Gasteiger partial charge in [0.1, 0.15) is 6.04 Å². The highest BCUT2D eigenvalue weighted by Crippen LogP contribution is 2.18. The van der Waals surface area contributed by atoms with Crippen molar-refractivity contribution in [3.05, 3.63) is 31.8 Å². The van der Waals surface area contributed by atoms with E-state index < -0.39 is 30.2 Å². The summed E-state index contributed by atoms with van der Waals surface area (Å²) in [5.41, 5.74) is 5.26. The van der Waals surface area contributed by atoms with E-state index in [2.05, 4.69) is 21.2 Å². The minimum atomic E-state index is -1.33. The Balaban J connectivity index is 2.90. The van der Waals surface area contributed by atoms with Crippen molar-refractivity contribution in [1.82, 2.24) is 5.32 Å². The lowest BCUT2D eigenvalue weighted by Crippen LogP contribution is -2.43. The van der Waals surface area contributed by atoms with Crippen molar-refractivity contribution in [1.29, 1.82) is 0 Å². The molecule has 1 aromatic carbocycles. The van der Waals surface area contributed by atoms with Gasteiger partial charge in [0.05, 0.1) is 12.0 Å². The highest BCUT2D eigenvalue weighted by Gasteiger charge is 2.23. The number of hydrogen-bond acceptors (Lipinski definition) is 3. The van der Waals surface area contributed by atoms with Crippen molar-refractivity contribution in [3.63, 3.8) is 0 Å². The molecule has 1 unspecified atom stereocenters. The number of nitrogens with two attached hydrogens (primary N) is 1. The quantitative estimate of drug-likeness (QED) is 0.596. The van der Waals surface area contributed by atoms with E-state index in [1.807, 2.05) is 22.6 Å². The third kappa shape index (κ3) is 4.78. The molecule has 0 aliphatic rings. The van der Waals surface area contributed by atoms with Crippen LogP contribution < -0.4 is 11.1 Å². The summed E-state index contributed by atoms with van der Waals surface area (Å²) in [5, 5.41) is 11.2. The lowest BCUT2D eigenvalue weighted by molar-refractivity contribution is -0.140. The van der Waals surface area contributed by atoms with Gasteiger partial charge in [-0.3, -0.25) is 9.59 Å². The number of carboxylic acid groups (broad SMARTS) is 1. The molecule has 102 valence electrons. The minimum Gasteiger partial charge on any atom is -0.480 e. The molecule has 0 spiro atoms. The van der Waals surface area contributed by atoms with Crippen molar-refractivity contribution in [2.24, 2.45) is 5.73 Å². The van der Waals surface area contributed by atoms with Gasteiger partial charge in [-0.05, 0) is 40.8 Å². The first-order valence-corrected chi connectivity index (χ1v) is 6.95. The normalized spacial score (nSPS) is 11.7. The number of rotatable bonds is 5. The van der Waals surface area contributed by atoms with Gasteiger partial charge in [-0.25, -0.2) is 4.79 Å². The molecule has 1 rings (SSSR count). The van der Waals surface area contributed by atoms with Gasteiger partial charge in [0.2, 0.25) is 5.91 Å². The molecule has 0 radical (unpaired) electrons. The Bertz CT molecular complexity index is 535. The average Bonchev–Trinajstić information content (AvgIpc) is 2.30. The third-order valence-corrected chi connectivity index (χ3v) is 3.62. The predicted molar refractivity (Wildman–Crippen MR) is 79.6 cm³/mol. The number of benzene rings is 1. The lowest BCUT2D eigenvalue weighted by atomic mass is 10.1. The van der Waals surface area contributed by atoms with E-state index in [-0.39, 0.29) is 0 Å². The molecule has 1 aromatic rings. The Kier molecular flexibility index (Phi) is 5.73. The monoisotopic (exact) mass is 440 g/mol. The number of carbonyl (C=O) groups excluding carboxylic acids is 2. The second kappa shape index (κ2) is 6.85. The molecule has 19 heavy (non-hydrogen) atoms. The highest BCUT2D eigenvalue weighted by molar-refractivity contribution is 14.1. The zero-order valence-electron chi connectivity index (χ0n) is 9.52. The predicted octanol–water partition coefficient (Wildman–Crippen LogP) is 1.11. The van der Waals surface area contributed by atoms with Gasteiger partial charge in [0.25, 0.3) is 5.91 Å². The molecule has 0 saturated carbocycles. The van der Waals surface area contributed by atoms with Crippen LogP contribution in [0, 0.1) is 3.57 Å². The van der Waals surface area contributed by atoms with Gasteiger partial charge < -0.3 is 16.2 Å². The van der Waals surface area contributed by atoms with E-state index in [1.165, 1.54) is 0 Å². The Hall–Kier alpha value is -1.16. The SMILES string of the molecule is NC(=O)CC(NC(=O)c1cc(Br)ccc1I)C(=O)O. The maximum atomic E-state index is 12.0. The molecule has 0 aliphatic heterocycles. The topological polar surface area (TPSA) is 109 Å². The zero-order valence-corrected chi connectivity index (χ0v) is 13.3. The van der Waals surface area contributed by atoms with Crippen molar-refractivity contribution in [2.45, 2.75) is 12.5 Å². The van der Waals surface area contributed by atoms with E-state index in [4.69, 9.17) is 10.8 Å². The molecule has 0 heterocycles. The molecule has 4 N–H and O–H groups in total. The average molecular weight is 441 g/mol. The number of amides is 2. The van der Waals surface area contributed by atoms with Crippen LogP contribution in [0.25, 0.3) is 0 Å². The number of halogens is 2. The van der Waals surface area contributed by atoms with E-state index in [0.717, 1.165) is 0 Å². The molecule has 6 nitrogen and oxygen atoms in total. The summed E-state index contributed by atoms with van der Waals surface area (Å²) in [7, 11) is 0. The lowest BCUT2D eigenvalue weighted by Gasteiger charge is -2.13. The number of primary amides is 1. The summed E-state index contributed by atoms with van der Waals surface area (Å²) in [5.74, 6) is -2.67. The number of carboxylic acids is 1. The second-order valence-corrected chi connectivity index (χ2v) is 5.74. The van der Waals surface area contributed by atoms with Crippen molar-refractivity contribution < 1.29 is 19.5 Å². The maximum absolute atomic E-state index is 12.0. The van der Waals surface area contributed by atoms with Crippen LogP contribution in [0.2, 0.25) is 0 Å². The fourth-order valence-electron chi connectivity index (χ4n) is 1.31. The van der Waals surface area contributed by atoms with Gasteiger partial charge in [-0.2, -0.15) is 0 Å². The summed E-state index contributed by atoms with van der Waals surface area (Å²) in [6.07, 6.45) is -0.453. The summed E-state index contributed by atoms with van der Waals surface area (Å²) < 4.78 is 1.36. The molecule has 0 fully saturated rings. The third-order valence-electron chi connectivity index (χ3n) is 2.18. The Labute approximate surface area is 131 Å². The molecule has 1 atom stereocenters. The van der Waals surface area contributed by atoms with Crippen molar-refractivity contribution in [2.75, 3.05) is 0 Å². The second-order valence-electron chi connectivity index (χ2n) is 3.66. The maximum Gasteiger partial charge on any atom is 0.326 e. The fourth-order valence-corrected chi connectivity index (χ4v) is 2.25. The summed E-state index contributed by atoms with van der Waals surface area (Å²) >= 11 is 5.19. The number of carbonyl (C=O) groups is 3. The number of nitrogens with one attached hydrogen (secondary N) is 1. The van der Waals surface area contributed by atoms with E-state index in [1.54, 1.807) is 18.2 Å². The van der Waals surface area contributed by atoms with Crippen molar-refractivity contribution in [3.8, 4) is 0 Å². The first-order valence-electron chi connectivity index (χ1n) is 5.08.